The Kier molecular flexibility index (Phi) is 5.04. The first-order valence-electron chi connectivity index (χ1n) is 11.2. The van der Waals surface area contributed by atoms with Crippen molar-refractivity contribution in [1.29, 1.82) is 0 Å². The Bertz CT molecular complexity index is 1290. The molecule has 1 spiro atoms. The number of rotatable bonds is 5. The van der Waals surface area contributed by atoms with Crippen molar-refractivity contribution in [3.8, 4) is 0 Å². The molecule has 2 aromatic rings. The Morgan fingerprint density at radius 2 is 1.88 bits per heavy atom. The quantitative estimate of drug-likeness (QED) is 0.537. The molecule has 1 atom stereocenters. The Labute approximate surface area is 192 Å². The number of aryl methyl sites for hydroxylation is 1. The van der Waals surface area contributed by atoms with Gasteiger partial charge >= 0.3 is 6.03 Å². The van der Waals surface area contributed by atoms with Crippen LogP contribution in [0.1, 0.15) is 46.8 Å². The van der Waals surface area contributed by atoms with E-state index in [1.165, 1.54) is 4.31 Å². The fourth-order valence-electron chi connectivity index (χ4n) is 5.18. The van der Waals surface area contributed by atoms with Gasteiger partial charge in [-0.2, -0.15) is 0 Å². The van der Waals surface area contributed by atoms with Gasteiger partial charge in [-0.25, -0.2) is 13.2 Å². The number of anilines is 1. The molecule has 33 heavy (non-hydrogen) atoms. The maximum Gasteiger partial charge on any atom is 0.325 e. The summed E-state index contributed by atoms with van der Waals surface area (Å²) in [4.78, 5) is 40.2. The highest BCUT2D eigenvalue weighted by Crippen LogP contribution is 2.40. The number of nitrogens with zero attached hydrogens (tertiary/aromatic N) is 2. The number of ketones is 1. The van der Waals surface area contributed by atoms with E-state index >= 15 is 0 Å². The molecule has 2 aromatic carbocycles. The highest BCUT2D eigenvalue weighted by Gasteiger charge is 2.54. The number of hydrogen-bond acceptors (Lipinski definition) is 5. The van der Waals surface area contributed by atoms with Crippen LogP contribution in [0, 0.1) is 0 Å². The molecule has 0 bridgehead atoms. The minimum Gasteiger partial charge on any atom is -0.319 e. The highest BCUT2D eigenvalue weighted by atomic mass is 32.2. The van der Waals surface area contributed by atoms with E-state index in [4.69, 9.17) is 0 Å². The van der Waals surface area contributed by atoms with Gasteiger partial charge in [0.2, 0.25) is 10.0 Å². The molecule has 0 saturated carbocycles. The fourth-order valence-corrected chi connectivity index (χ4v) is 6.34. The fraction of sp³-hybridized carbons (Fsp3) is 0.375. The molecular formula is C24H25N3O5S. The number of fused-ring (bicyclic) bond motifs is 3. The van der Waals surface area contributed by atoms with Gasteiger partial charge in [-0.1, -0.05) is 24.3 Å². The average Bonchev–Trinajstić information content (AvgIpc) is 3.35. The van der Waals surface area contributed by atoms with E-state index in [-0.39, 0.29) is 18.1 Å². The maximum absolute atomic E-state index is 13.4. The van der Waals surface area contributed by atoms with Crippen LogP contribution in [0.25, 0.3) is 0 Å². The van der Waals surface area contributed by atoms with Gasteiger partial charge in [0.25, 0.3) is 5.91 Å². The third kappa shape index (κ3) is 3.33. The van der Waals surface area contributed by atoms with E-state index < -0.39 is 27.5 Å². The molecule has 2 heterocycles. The van der Waals surface area contributed by atoms with Crippen molar-refractivity contribution in [1.82, 2.24) is 10.2 Å². The van der Waals surface area contributed by atoms with Gasteiger partial charge in [-0.3, -0.25) is 18.8 Å². The van der Waals surface area contributed by atoms with Crippen molar-refractivity contribution in [3.05, 3.63) is 64.7 Å². The summed E-state index contributed by atoms with van der Waals surface area (Å²) in [5.74, 6) is -0.752. The number of sulfonamides is 1. The number of urea groups is 1. The molecule has 1 aliphatic carbocycles. The summed E-state index contributed by atoms with van der Waals surface area (Å²) in [6, 6.07) is 11.9. The molecule has 9 heteroatoms. The molecule has 172 valence electrons. The first kappa shape index (κ1) is 21.6. The van der Waals surface area contributed by atoms with Crippen molar-refractivity contribution in [2.75, 3.05) is 23.1 Å². The number of imide groups is 1. The third-order valence-corrected chi connectivity index (χ3v) is 8.69. The lowest BCUT2D eigenvalue weighted by atomic mass is 9.76. The van der Waals surface area contributed by atoms with Gasteiger partial charge in [0.1, 0.15) is 5.54 Å². The van der Waals surface area contributed by atoms with Crippen molar-refractivity contribution < 1.29 is 22.8 Å². The number of nitrogens with one attached hydrogen (secondary N) is 1. The molecule has 2 aliphatic heterocycles. The Balaban J connectivity index is 1.39. The predicted octanol–water partition coefficient (Wildman–Crippen LogP) is 2.37. The van der Waals surface area contributed by atoms with E-state index in [0.717, 1.165) is 34.4 Å². The van der Waals surface area contributed by atoms with Gasteiger partial charge < -0.3 is 5.32 Å². The molecule has 0 radical (unpaired) electrons. The molecule has 1 N–H and O–H groups in total. The van der Waals surface area contributed by atoms with Crippen LogP contribution in [0.3, 0.4) is 0 Å². The Hall–Kier alpha value is -3.20. The van der Waals surface area contributed by atoms with Crippen molar-refractivity contribution in [2.24, 2.45) is 0 Å². The average molecular weight is 468 g/mol. The number of amides is 3. The smallest absolute Gasteiger partial charge is 0.319 e. The Morgan fingerprint density at radius 1 is 1.09 bits per heavy atom. The molecule has 1 fully saturated rings. The second-order valence-electron chi connectivity index (χ2n) is 8.73. The van der Waals surface area contributed by atoms with Gasteiger partial charge in [-0.05, 0) is 67.5 Å². The number of Topliss-reactive ketones (excluding diaryl/α,β-unsaturated/α-hetero) is 1. The first-order valence-corrected chi connectivity index (χ1v) is 12.8. The predicted molar refractivity (Wildman–Crippen MR) is 123 cm³/mol. The zero-order valence-corrected chi connectivity index (χ0v) is 19.2. The van der Waals surface area contributed by atoms with Crippen LogP contribution < -0.4 is 9.62 Å². The van der Waals surface area contributed by atoms with Crippen LogP contribution >= 0.6 is 0 Å². The lowest BCUT2D eigenvalue weighted by Crippen LogP contribution is -2.46. The normalized spacial score (nSPS) is 21.8. The second kappa shape index (κ2) is 7.69. The summed E-state index contributed by atoms with van der Waals surface area (Å²) >= 11 is 0. The molecule has 5 rings (SSSR count). The molecule has 3 aliphatic rings. The van der Waals surface area contributed by atoms with Crippen LogP contribution in [-0.2, 0) is 33.2 Å². The van der Waals surface area contributed by atoms with Crippen LogP contribution in [0.5, 0.6) is 0 Å². The van der Waals surface area contributed by atoms with E-state index in [1.54, 1.807) is 25.1 Å². The van der Waals surface area contributed by atoms with Crippen LogP contribution in [-0.4, -0.2) is 49.9 Å². The van der Waals surface area contributed by atoms with Gasteiger partial charge in [-0.15, -0.1) is 0 Å². The minimum absolute atomic E-state index is 0.00415. The first-order chi connectivity index (χ1) is 15.8. The van der Waals surface area contributed by atoms with E-state index in [9.17, 15) is 22.8 Å². The van der Waals surface area contributed by atoms with Gasteiger partial charge in [0.15, 0.2) is 5.78 Å². The molecule has 8 nitrogen and oxygen atoms in total. The van der Waals surface area contributed by atoms with Crippen molar-refractivity contribution in [2.45, 2.75) is 38.1 Å². The maximum atomic E-state index is 13.4. The summed E-state index contributed by atoms with van der Waals surface area (Å²) in [5.41, 5.74) is 2.44. The molecule has 1 unspecified atom stereocenters. The minimum atomic E-state index is -3.38. The molecule has 0 aromatic heterocycles. The lowest BCUT2D eigenvalue weighted by molar-refractivity contribution is -0.131. The lowest BCUT2D eigenvalue weighted by Gasteiger charge is -2.33. The molecular weight excluding hydrogens is 442 g/mol. The van der Waals surface area contributed by atoms with Crippen LogP contribution in [0.4, 0.5) is 10.5 Å². The zero-order chi connectivity index (χ0) is 23.4. The number of hydrogen-bond donors (Lipinski definition) is 1. The van der Waals surface area contributed by atoms with Gasteiger partial charge in [0.05, 0.1) is 18.0 Å². The summed E-state index contributed by atoms with van der Waals surface area (Å²) < 4.78 is 26.0. The van der Waals surface area contributed by atoms with Crippen molar-refractivity contribution >= 4 is 33.4 Å². The topological polar surface area (TPSA) is 104 Å². The zero-order valence-electron chi connectivity index (χ0n) is 18.3. The Morgan fingerprint density at radius 3 is 2.67 bits per heavy atom. The molecule has 3 amide bonds. The largest absolute Gasteiger partial charge is 0.325 e. The monoisotopic (exact) mass is 467 g/mol. The van der Waals surface area contributed by atoms with E-state index in [0.29, 0.717) is 30.6 Å². The number of benzene rings is 2. The SMILES string of the molecule is CCS(=O)(=O)N1CCc2cc(C(=O)CN3C(=O)NC4(CCCc5ccccc54)C3=O)ccc21. The summed E-state index contributed by atoms with van der Waals surface area (Å²) in [5, 5.41) is 2.86. The third-order valence-electron chi connectivity index (χ3n) is 6.91. The highest BCUT2D eigenvalue weighted by molar-refractivity contribution is 7.92. The van der Waals surface area contributed by atoms with E-state index in [1.807, 2.05) is 24.3 Å². The number of carbonyl (C=O) groups excluding carboxylic acids is 3. The summed E-state index contributed by atoms with van der Waals surface area (Å²) in [7, 11) is -3.38. The second-order valence-corrected chi connectivity index (χ2v) is 10.9. The van der Waals surface area contributed by atoms with Crippen LogP contribution in [0.15, 0.2) is 42.5 Å². The summed E-state index contributed by atoms with van der Waals surface area (Å²) in [6.07, 6.45) is 2.63. The molecule has 1 saturated heterocycles. The van der Waals surface area contributed by atoms with Crippen LogP contribution in [0.2, 0.25) is 0 Å². The van der Waals surface area contributed by atoms with Gasteiger partial charge in [0, 0.05) is 12.1 Å². The van der Waals surface area contributed by atoms with Crippen molar-refractivity contribution in [3.63, 3.8) is 0 Å². The number of carbonyl (C=O) groups is 3. The summed E-state index contributed by atoms with van der Waals surface area (Å²) in [6.45, 7) is 1.59. The standard InChI is InChI=1S/C24H25N3O5S/c1-2-33(31,32)27-13-11-17-14-18(9-10-20(17)27)21(28)15-26-22(29)24(25-23(26)30)12-5-7-16-6-3-4-8-19(16)24/h3-4,6,8-10,14H,2,5,7,11-13,15H2,1H3,(H,25,30). The van der Waals surface area contributed by atoms with E-state index in [2.05, 4.69) is 5.32 Å².